The van der Waals surface area contributed by atoms with Crippen molar-refractivity contribution in [1.82, 2.24) is 20.4 Å². The number of halogens is 3. The van der Waals surface area contributed by atoms with Gasteiger partial charge in [-0.25, -0.2) is 13.5 Å². The van der Waals surface area contributed by atoms with Crippen LogP contribution in [0.3, 0.4) is 0 Å². The lowest BCUT2D eigenvalue weighted by Crippen LogP contribution is -2.45. The number of carbonyl (C=O) groups excluding carboxylic acids is 1. The summed E-state index contributed by atoms with van der Waals surface area (Å²) in [6, 6.07) is 12.9. The Morgan fingerprint density at radius 3 is 2.66 bits per heavy atom. The normalized spacial score (nSPS) is 20.6. The van der Waals surface area contributed by atoms with Gasteiger partial charge in [0.15, 0.2) is 11.5 Å². The molecule has 2 aliphatic rings. The number of nitrogens with zero attached hydrogens (tertiary/aromatic N) is 2. The van der Waals surface area contributed by atoms with Crippen molar-refractivity contribution in [1.29, 1.82) is 0 Å². The smallest absolute Gasteiger partial charge is 0.260 e. The Morgan fingerprint density at radius 2 is 1.95 bits per heavy atom. The highest BCUT2D eigenvalue weighted by molar-refractivity contribution is 5.95. The molecule has 0 spiro atoms. The molecule has 3 heterocycles. The average Bonchev–Trinajstić information content (AvgIpc) is 3.37. The standard InChI is InChI=1S/C27H31F2N5O3.ClH/c1-36-23-9-8-17(12-24(23)37-2)20-13-22(26(28)29)34-25(32-20)14-21(33-34)16-5-3-6-18(11-16)27(35)31-19-7-4-10-30-15-19;/h3,5-6,8-9,11-12,14,19-20,22,26,30,32H,4,7,10,13,15H2,1-2H3,(H,31,35);1H. The monoisotopic (exact) mass is 547 g/mol. The summed E-state index contributed by atoms with van der Waals surface area (Å²) in [6.07, 6.45) is -0.487. The minimum Gasteiger partial charge on any atom is -0.493 e. The van der Waals surface area contributed by atoms with Gasteiger partial charge in [0.25, 0.3) is 12.3 Å². The summed E-state index contributed by atoms with van der Waals surface area (Å²) < 4.78 is 40.4. The van der Waals surface area contributed by atoms with E-state index in [4.69, 9.17) is 9.47 Å². The van der Waals surface area contributed by atoms with Crippen LogP contribution in [0.1, 0.15) is 47.3 Å². The lowest BCUT2D eigenvalue weighted by atomic mass is 9.97. The SMILES string of the molecule is COc1ccc(C2CC(C(F)F)n3nc(-c4cccc(C(=O)NC5CCCNC5)c4)cc3N2)cc1OC.Cl. The first kappa shape index (κ1) is 27.7. The summed E-state index contributed by atoms with van der Waals surface area (Å²) >= 11 is 0. The van der Waals surface area contributed by atoms with E-state index in [0.29, 0.717) is 34.1 Å². The zero-order valence-electron chi connectivity index (χ0n) is 21.2. The summed E-state index contributed by atoms with van der Waals surface area (Å²) in [5.74, 6) is 1.45. The molecule has 3 unspecified atom stereocenters. The number of piperidine rings is 1. The Kier molecular flexibility index (Phi) is 8.73. The molecule has 38 heavy (non-hydrogen) atoms. The van der Waals surface area contributed by atoms with Crippen molar-refractivity contribution in [3.63, 3.8) is 0 Å². The number of ether oxygens (including phenoxy) is 2. The van der Waals surface area contributed by atoms with Crippen LogP contribution in [0.2, 0.25) is 0 Å². The van der Waals surface area contributed by atoms with Crippen molar-refractivity contribution in [3.8, 4) is 22.8 Å². The quantitative estimate of drug-likeness (QED) is 0.392. The molecule has 1 saturated heterocycles. The van der Waals surface area contributed by atoms with Crippen molar-refractivity contribution in [3.05, 3.63) is 59.7 Å². The number of benzene rings is 2. The van der Waals surface area contributed by atoms with Gasteiger partial charge in [-0.3, -0.25) is 4.79 Å². The molecule has 8 nitrogen and oxygen atoms in total. The van der Waals surface area contributed by atoms with E-state index in [0.717, 1.165) is 31.5 Å². The highest BCUT2D eigenvalue weighted by atomic mass is 35.5. The molecule has 2 aliphatic heterocycles. The number of alkyl halides is 2. The molecule has 204 valence electrons. The van der Waals surface area contributed by atoms with Crippen molar-refractivity contribution in [2.24, 2.45) is 0 Å². The number of hydrogen-bond acceptors (Lipinski definition) is 6. The molecular weight excluding hydrogens is 516 g/mol. The summed E-state index contributed by atoms with van der Waals surface area (Å²) in [5.41, 5.74) is 2.53. The second kappa shape index (κ2) is 12.0. The zero-order chi connectivity index (χ0) is 25.9. The van der Waals surface area contributed by atoms with Gasteiger partial charge in [0.05, 0.1) is 26.0 Å². The second-order valence-electron chi connectivity index (χ2n) is 9.41. The van der Waals surface area contributed by atoms with Gasteiger partial charge < -0.3 is 25.4 Å². The molecule has 5 rings (SSSR count). The molecule has 11 heteroatoms. The Hall–Kier alpha value is -3.37. The highest BCUT2D eigenvalue weighted by Crippen LogP contribution is 2.41. The molecule has 2 aromatic carbocycles. The number of carbonyl (C=O) groups is 1. The van der Waals surface area contributed by atoms with Gasteiger partial charge in [0.1, 0.15) is 11.9 Å². The molecule has 0 saturated carbocycles. The van der Waals surface area contributed by atoms with E-state index in [2.05, 4.69) is 21.0 Å². The summed E-state index contributed by atoms with van der Waals surface area (Å²) in [7, 11) is 3.09. The number of anilines is 1. The fourth-order valence-electron chi connectivity index (χ4n) is 5.04. The van der Waals surface area contributed by atoms with E-state index < -0.39 is 12.5 Å². The Bertz CT molecular complexity index is 1270. The first-order valence-electron chi connectivity index (χ1n) is 12.4. The predicted octanol–water partition coefficient (Wildman–Crippen LogP) is 4.83. The predicted molar refractivity (Wildman–Crippen MR) is 144 cm³/mol. The van der Waals surface area contributed by atoms with E-state index in [1.54, 1.807) is 50.6 Å². The van der Waals surface area contributed by atoms with Crippen LogP contribution in [0, 0.1) is 0 Å². The van der Waals surface area contributed by atoms with Gasteiger partial charge in [-0.05, 0) is 55.6 Å². The van der Waals surface area contributed by atoms with Crippen LogP contribution in [0.5, 0.6) is 11.5 Å². The van der Waals surface area contributed by atoms with Crippen molar-refractivity contribution in [2.45, 2.75) is 43.8 Å². The minimum atomic E-state index is -2.60. The maximum Gasteiger partial charge on any atom is 0.260 e. The molecule has 1 aromatic heterocycles. The van der Waals surface area contributed by atoms with Crippen LogP contribution in [0.4, 0.5) is 14.6 Å². The maximum atomic E-state index is 14.2. The molecule has 0 bridgehead atoms. The molecule has 0 aliphatic carbocycles. The van der Waals surface area contributed by atoms with Crippen LogP contribution in [0.25, 0.3) is 11.3 Å². The van der Waals surface area contributed by atoms with Gasteiger partial charge in [0, 0.05) is 29.8 Å². The zero-order valence-corrected chi connectivity index (χ0v) is 22.1. The summed E-state index contributed by atoms with van der Waals surface area (Å²) in [6.45, 7) is 1.72. The Balaban J connectivity index is 0.00000336. The molecular formula is C27H32ClF2N5O3. The second-order valence-corrected chi connectivity index (χ2v) is 9.41. The van der Waals surface area contributed by atoms with Crippen molar-refractivity contribution < 1.29 is 23.0 Å². The van der Waals surface area contributed by atoms with Crippen molar-refractivity contribution >= 4 is 24.1 Å². The Morgan fingerprint density at radius 1 is 1.13 bits per heavy atom. The van der Waals surface area contributed by atoms with Crippen LogP contribution < -0.4 is 25.4 Å². The fraction of sp³-hybridized carbons (Fsp3) is 0.407. The van der Waals surface area contributed by atoms with Gasteiger partial charge in [-0.2, -0.15) is 5.10 Å². The first-order chi connectivity index (χ1) is 18.0. The molecule has 1 fully saturated rings. The number of rotatable bonds is 7. The number of aromatic nitrogens is 2. The third kappa shape index (κ3) is 5.71. The minimum absolute atomic E-state index is 0. The average molecular weight is 548 g/mol. The molecule has 3 atom stereocenters. The summed E-state index contributed by atoms with van der Waals surface area (Å²) in [4.78, 5) is 12.8. The number of nitrogens with one attached hydrogen (secondary N) is 3. The van der Waals surface area contributed by atoms with Crippen LogP contribution in [0.15, 0.2) is 48.5 Å². The van der Waals surface area contributed by atoms with Gasteiger partial charge in [-0.15, -0.1) is 12.4 Å². The lowest BCUT2D eigenvalue weighted by Gasteiger charge is -2.32. The topological polar surface area (TPSA) is 89.4 Å². The van der Waals surface area contributed by atoms with Crippen LogP contribution in [-0.4, -0.2) is 55.5 Å². The molecule has 0 radical (unpaired) electrons. The van der Waals surface area contributed by atoms with Gasteiger partial charge >= 0.3 is 0 Å². The van der Waals surface area contributed by atoms with Gasteiger partial charge in [-0.1, -0.05) is 18.2 Å². The number of fused-ring (bicyclic) bond motifs is 1. The number of amides is 1. The first-order valence-corrected chi connectivity index (χ1v) is 12.4. The highest BCUT2D eigenvalue weighted by Gasteiger charge is 2.35. The van der Waals surface area contributed by atoms with Crippen molar-refractivity contribution in [2.75, 3.05) is 32.6 Å². The largest absolute Gasteiger partial charge is 0.493 e. The molecule has 1 amide bonds. The van der Waals surface area contributed by atoms with E-state index in [1.165, 1.54) is 4.68 Å². The Labute approximate surface area is 226 Å². The third-order valence-corrected chi connectivity index (χ3v) is 7.00. The maximum absolute atomic E-state index is 14.2. The third-order valence-electron chi connectivity index (χ3n) is 7.00. The van der Waals surface area contributed by atoms with Crippen LogP contribution in [-0.2, 0) is 0 Å². The fourth-order valence-corrected chi connectivity index (χ4v) is 5.04. The molecule has 3 aromatic rings. The number of hydrogen-bond donors (Lipinski definition) is 3. The van der Waals surface area contributed by atoms with Gasteiger partial charge in [0.2, 0.25) is 0 Å². The van der Waals surface area contributed by atoms with E-state index in [9.17, 15) is 13.6 Å². The molecule has 3 N–H and O–H groups in total. The van der Waals surface area contributed by atoms with Crippen LogP contribution >= 0.6 is 12.4 Å². The van der Waals surface area contributed by atoms with E-state index in [-0.39, 0.29) is 36.8 Å². The van der Waals surface area contributed by atoms with E-state index in [1.807, 2.05) is 12.1 Å². The summed E-state index contributed by atoms with van der Waals surface area (Å²) in [5, 5.41) is 14.2. The van der Waals surface area contributed by atoms with E-state index >= 15 is 0 Å². The number of methoxy groups -OCH3 is 2. The lowest BCUT2D eigenvalue weighted by molar-refractivity contribution is 0.0659.